The maximum absolute atomic E-state index is 10.3. The molecule has 0 aliphatic heterocycles. The Morgan fingerprint density at radius 3 is 2.40 bits per heavy atom. The summed E-state index contributed by atoms with van der Waals surface area (Å²) in [5, 5.41) is 0. The lowest BCUT2D eigenvalue weighted by Crippen LogP contribution is -1.95. The predicted molar refractivity (Wildman–Crippen MR) is 34.8 cm³/mol. The molecule has 1 atom stereocenters. The lowest BCUT2D eigenvalue weighted by Gasteiger charge is -1.80. The van der Waals surface area contributed by atoms with Crippen LogP contribution in [0.2, 0.25) is 0 Å². The van der Waals surface area contributed by atoms with Gasteiger partial charge in [-0.2, -0.15) is 8.42 Å². The van der Waals surface area contributed by atoms with E-state index >= 15 is 0 Å². The van der Waals surface area contributed by atoms with Crippen LogP contribution in [-0.4, -0.2) is 14.7 Å². The van der Waals surface area contributed by atoms with E-state index in [0.29, 0.717) is 0 Å². The summed E-state index contributed by atoms with van der Waals surface area (Å²) >= 11 is 0. The minimum atomic E-state index is -3.70. The van der Waals surface area contributed by atoms with Crippen LogP contribution in [0, 0.1) is 0 Å². The van der Waals surface area contributed by atoms with Crippen LogP contribution in [0.4, 0.5) is 0 Å². The molecule has 0 aliphatic rings. The van der Waals surface area contributed by atoms with Crippen LogP contribution in [0.5, 0.6) is 0 Å². The van der Waals surface area contributed by atoms with Gasteiger partial charge in [-0.15, -0.1) is 0 Å². The summed E-state index contributed by atoms with van der Waals surface area (Å²) in [4.78, 5) is 0. The van der Waals surface area contributed by atoms with Gasteiger partial charge < -0.3 is 0 Å². The van der Waals surface area contributed by atoms with Gasteiger partial charge in [0.25, 0.3) is 0 Å². The van der Waals surface area contributed by atoms with Crippen molar-refractivity contribution in [2.45, 2.75) is 0 Å². The molecule has 1 unspecified atom stereocenters. The first-order chi connectivity index (χ1) is 4.45. The maximum Gasteiger partial charge on any atom is 0.766 e. The van der Waals surface area contributed by atoms with E-state index in [1.54, 1.807) is 0 Å². The van der Waals surface area contributed by atoms with Crippen LogP contribution in [0.25, 0.3) is 0 Å². The van der Waals surface area contributed by atoms with Gasteiger partial charge in [0.1, 0.15) is 6.26 Å². The fourth-order valence-electron chi connectivity index (χ4n) is 0.189. The summed E-state index contributed by atoms with van der Waals surface area (Å²) in [6.45, 7) is 3.05. The molecule has 0 rings (SSSR count). The number of hydrogen-bond acceptors (Lipinski definition) is 5. The van der Waals surface area contributed by atoms with E-state index in [4.69, 9.17) is 0 Å². The Bertz CT molecular complexity index is 229. The molecule has 5 nitrogen and oxygen atoms in total. The van der Waals surface area contributed by atoms with Gasteiger partial charge in [-0.05, 0) is 0 Å². The highest BCUT2D eigenvalue weighted by Crippen LogP contribution is 2.25. The van der Waals surface area contributed by atoms with Crippen LogP contribution in [-0.2, 0) is 23.2 Å². The van der Waals surface area contributed by atoms with E-state index in [1.807, 2.05) is 0 Å². The average molecular weight is 185 g/mol. The molecule has 58 valence electrons. The molecule has 0 saturated carbocycles. The van der Waals surface area contributed by atoms with Crippen LogP contribution >= 0.6 is 8.25 Å². The molecule has 0 spiro atoms. The maximum atomic E-state index is 10.3. The molecular weight excluding hydrogens is 179 g/mol. The normalized spacial score (nSPS) is 12.3. The van der Waals surface area contributed by atoms with Crippen molar-refractivity contribution in [3.05, 3.63) is 12.8 Å². The zero-order chi connectivity index (χ0) is 8.20. The highest BCUT2D eigenvalue weighted by Gasteiger charge is 2.26. The van der Waals surface area contributed by atoms with Crippen molar-refractivity contribution >= 4 is 18.4 Å². The van der Waals surface area contributed by atoms with E-state index in [0.717, 1.165) is 12.5 Å². The molecule has 0 aromatic carbocycles. The zero-order valence-electron chi connectivity index (χ0n) is 5.18. The van der Waals surface area contributed by atoms with E-state index in [9.17, 15) is 13.0 Å². The molecular formula is C3H6O5PS+. The monoisotopic (exact) mass is 185 g/mol. The molecule has 0 aromatic heterocycles. The van der Waals surface area contributed by atoms with Crippen LogP contribution in [0.15, 0.2) is 12.8 Å². The second-order valence-electron chi connectivity index (χ2n) is 1.27. The van der Waals surface area contributed by atoms with Gasteiger partial charge >= 0.3 is 18.4 Å². The third kappa shape index (κ3) is 5.68. The molecule has 0 amide bonds. The SMILES string of the molecule is C=CO[P+](=O)OS(C)(=O)=O. The average Bonchev–Trinajstić information content (AvgIpc) is 1.59. The minimum Gasteiger partial charge on any atom is -0.237 e. The summed E-state index contributed by atoms with van der Waals surface area (Å²) in [5.74, 6) is 0. The molecule has 0 N–H and O–H groups in total. The smallest absolute Gasteiger partial charge is 0.237 e. The summed E-state index contributed by atoms with van der Waals surface area (Å²) in [6.07, 6.45) is 1.61. The molecule has 10 heavy (non-hydrogen) atoms. The van der Waals surface area contributed by atoms with Gasteiger partial charge in [0, 0.05) is 8.54 Å². The van der Waals surface area contributed by atoms with Gasteiger partial charge in [-0.3, -0.25) is 0 Å². The van der Waals surface area contributed by atoms with Gasteiger partial charge in [0.15, 0.2) is 0 Å². The molecule has 0 aliphatic carbocycles. The predicted octanol–water partition coefficient (Wildman–Crippen LogP) is 0.780. The summed E-state index contributed by atoms with van der Waals surface area (Å²) < 4.78 is 38.7. The molecule has 0 bridgehead atoms. The van der Waals surface area contributed by atoms with Crippen molar-refractivity contribution in [1.82, 2.24) is 0 Å². The van der Waals surface area contributed by atoms with Crippen LogP contribution in [0.1, 0.15) is 0 Å². The second kappa shape index (κ2) is 3.65. The molecule has 0 heterocycles. The van der Waals surface area contributed by atoms with E-state index in [2.05, 4.69) is 15.1 Å². The lowest BCUT2D eigenvalue weighted by molar-refractivity contribution is 0.383. The summed E-state index contributed by atoms with van der Waals surface area (Å²) in [6, 6.07) is 0. The molecule has 0 aromatic rings. The summed E-state index contributed by atoms with van der Waals surface area (Å²) in [7, 11) is -6.33. The third-order valence-electron chi connectivity index (χ3n) is 0.357. The minimum absolute atomic E-state index is 0.771. The van der Waals surface area contributed by atoms with Crippen molar-refractivity contribution in [2.75, 3.05) is 6.26 Å². The molecule has 0 saturated heterocycles. The Morgan fingerprint density at radius 2 is 2.10 bits per heavy atom. The van der Waals surface area contributed by atoms with Crippen molar-refractivity contribution < 1.29 is 21.5 Å². The van der Waals surface area contributed by atoms with Crippen molar-refractivity contribution in [3.8, 4) is 0 Å². The Kier molecular flexibility index (Phi) is 3.49. The largest absolute Gasteiger partial charge is 0.766 e. The summed E-state index contributed by atoms with van der Waals surface area (Å²) in [5.41, 5.74) is 0. The van der Waals surface area contributed by atoms with Crippen LogP contribution < -0.4 is 0 Å². The first-order valence-corrected chi connectivity index (χ1v) is 5.01. The number of hydrogen-bond donors (Lipinski definition) is 0. The number of rotatable bonds is 4. The Balaban J connectivity index is 3.93. The Labute approximate surface area is 59.7 Å². The second-order valence-corrected chi connectivity index (χ2v) is 3.94. The fraction of sp³-hybridized carbons (Fsp3) is 0.333. The lowest BCUT2D eigenvalue weighted by atomic mass is 11.2. The van der Waals surface area contributed by atoms with E-state index < -0.39 is 18.4 Å². The topological polar surface area (TPSA) is 69.7 Å². The molecule has 0 radical (unpaired) electrons. The van der Waals surface area contributed by atoms with Gasteiger partial charge in [0.05, 0.1) is 6.26 Å². The highest BCUT2D eigenvalue weighted by atomic mass is 32.2. The molecule has 0 fully saturated rings. The third-order valence-corrected chi connectivity index (χ3v) is 2.25. The van der Waals surface area contributed by atoms with Crippen molar-refractivity contribution in [2.24, 2.45) is 0 Å². The van der Waals surface area contributed by atoms with Gasteiger partial charge in [0.2, 0.25) is 0 Å². The first-order valence-electron chi connectivity index (χ1n) is 2.10. The first kappa shape index (κ1) is 9.55. The van der Waals surface area contributed by atoms with Gasteiger partial charge in [-0.25, -0.2) is 4.52 Å². The van der Waals surface area contributed by atoms with E-state index in [1.165, 1.54) is 0 Å². The van der Waals surface area contributed by atoms with Gasteiger partial charge in [-0.1, -0.05) is 6.58 Å². The Morgan fingerprint density at radius 1 is 1.60 bits per heavy atom. The van der Waals surface area contributed by atoms with Crippen molar-refractivity contribution in [1.29, 1.82) is 0 Å². The van der Waals surface area contributed by atoms with Crippen LogP contribution in [0.3, 0.4) is 0 Å². The van der Waals surface area contributed by atoms with Crippen molar-refractivity contribution in [3.63, 3.8) is 0 Å². The zero-order valence-corrected chi connectivity index (χ0v) is 6.89. The molecule has 7 heteroatoms. The fourth-order valence-corrected chi connectivity index (χ4v) is 1.34. The Hall–Kier alpha value is -0.450. The quantitative estimate of drug-likeness (QED) is 0.478. The van der Waals surface area contributed by atoms with E-state index in [-0.39, 0.29) is 0 Å². The standard InChI is InChI=1S/C3H6O5PS/c1-3-7-9(4)8-10(2,5)6/h3H,1H2,2H3/q+1. The highest BCUT2D eigenvalue weighted by molar-refractivity contribution is 7.89.